The van der Waals surface area contributed by atoms with Crippen molar-refractivity contribution < 1.29 is 24.5 Å². The Morgan fingerprint density at radius 3 is 2.66 bits per heavy atom. The van der Waals surface area contributed by atoms with Crippen LogP contribution in [0.2, 0.25) is 0 Å². The van der Waals surface area contributed by atoms with Crippen LogP contribution in [0.1, 0.15) is 65.4 Å². The van der Waals surface area contributed by atoms with E-state index in [1.54, 1.807) is 6.07 Å². The molecule has 2 aliphatic carbocycles. The van der Waals surface area contributed by atoms with Crippen molar-refractivity contribution in [2.75, 3.05) is 6.61 Å². The standard InChI is InChI=1S/C24H34O5/c1-22(2)19-9-7-16(24(4,27)23(19,3)12-11-20(22)25)14-28-17-8-5-15-6-10-21(26)29-18(15)13-17/h5,8,13,16,19-20,25,27H,6-7,9-12,14H2,1-4H3/t16-,19+,20+,23+,24+/m1/s1. The second kappa shape index (κ2) is 6.98. The van der Waals surface area contributed by atoms with Crippen LogP contribution in [0.4, 0.5) is 0 Å². The Hall–Kier alpha value is -1.59. The highest BCUT2D eigenvalue weighted by Crippen LogP contribution is 2.62. The summed E-state index contributed by atoms with van der Waals surface area (Å²) in [5.74, 6) is 1.33. The van der Waals surface area contributed by atoms with E-state index in [-0.39, 0.29) is 34.7 Å². The summed E-state index contributed by atoms with van der Waals surface area (Å²) in [6.45, 7) is 8.85. The number of aryl methyl sites for hydroxylation is 1. The lowest BCUT2D eigenvalue weighted by Gasteiger charge is -2.63. The predicted octanol–water partition coefficient (Wildman–Crippen LogP) is 3.88. The first-order valence-electron chi connectivity index (χ1n) is 10.9. The molecule has 1 aromatic rings. The third kappa shape index (κ3) is 3.27. The van der Waals surface area contributed by atoms with Crippen molar-refractivity contribution in [3.63, 3.8) is 0 Å². The molecule has 1 aromatic carbocycles. The Morgan fingerprint density at radius 2 is 1.90 bits per heavy atom. The Balaban J connectivity index is 1.49. The van der Waals surface area contributed by atoms with Gasteiger partial charge in [0.2, 0.25) is 0 Å². The van der Waals surface area contributed by atoms with Gasteiger partial charge in [-0.3, -0.25) is 4.79 Å². The first-order chi connectivity index (χ1) is 13.6. The largest absolute Gasteiger partial charge is 0.493 e. The summed E-state index contributed by atoms with van der Waals surface area (Å²) in [4.78, 5) is 11.6. The summed E-state index contributed by atoms with van der Waals surface area (Å²) >= 11 is 0. The average Bonchev–Trinajstić information content (AvgIpc) is 2.65. The maximum Gasteiger partial charge on any atom is 0.311 e. The van der Waals surface area contributed by atoms with E-state index in [1.807, 2.05) is 19.1 Å². The van der Waals surface area contributed by atoms with Crippen LogP contribution in [-0.2, 0) is 11.2 Å². The quantitative estimate of drug-likeness (QED) is 0.593. The Bertz CT molecular complexity index is 798. The van der Waals surface area contributed by atoms with Crippen molar-refractivity contribution in [3.05, 3.63) is 23.8 Å². The van der Waals surface area contributed by atoms with Gasteiger partial charge in [-0.05, 0) is 67.4 Å². The summed E-state index contributed by atoms with van der Waals surface area (Å²) in [5, 5.41) is 22.2. The number of carbonyl (C=O) groups excluding carboxylic acids is 1. The Kier molecular flexibility index (Phi) is 4.98. The molecule has 3 aliphatic rings. The molecule has 5 heteroatoms. The molecule has 0 amide bonds. The molecular formula is C24H34O5. The highest BCUT2D eigenvalue weighted by Gasteiger charge is 2.62. The molecule has 5 atom stereocenters. The number of aliphatic hydroxyl groups is 2. The number of hydrogen-bond donors (Lipinski definition) is 2. The maximum atomic E-state index is 11.7. The molecule has 29 heavy (non-hydrogen) atoms. The highest BCUT2D eigenvalue weighted by molar-refractivity contribution is 5.75. The van der Waals surface area contributed by atoms with Gasteiger partial charge in [-0.1, -0.05) is 26.8 Å². The van der Waals surface area contributed by atoms with Crippen molar-refractivity contribution in [2.24, 2.45) is 22.7 Å². The highest BCUT2D eigenvalue weighted by atomic mass is 16.5. The summed E-state index contributed by atoms with van der Waals surface area (Å²) in [7, 11) is 0. The minimum Gasteiger partial charge on any atom is -0.493 e. The third-order valence-electron chi connectivity index (χ3n) is 8.53. The van der Waals surface area contributed by atoms with Gasteiger partial charge < -0.3 is 19.7 Å². The summed E-state index contributed by atoms with van der Waals surface area (Å²) in [6, 6.07) is 5.66. The number of benzene rings is 1. The first-order valence-corrected chi connectivity index (χ1v) is 10.9. The fourth-order valence-electron chi connectivity index (χ4n) is 6.23. The zero-order valence-electron chi connectivity index (χ0n) is 18.0. The lowest BCUT2D eigenvalue weighted by atomic mass is 9.44. The first kappa shape index (κ1) is 20.7. The molecule has 0 radical (unpaired) electrons. The number of ether oxygens (including phenoxy) is 2. The second-order valence-electron chi connectivity index (χ2n) is 10.3. The van der Waals surface area contributed by atoms with Crippen LogP contribution >= 0.6 is 0 Å². The van der Waals surface area contributed by atoms with Gasteiger partial charge in [0.05, 0.1) is 24.7 Å². The van der Waals surface area contributed by atoms with Crippen LogP contribution in [0.5, 0.6) is 11.5 Å². The second-order valence-corrected chi connectivity index (χ2v) is 10.3. The van der Waals surface area contributed by atoms with Crippen molar-refractivity contribution >= 4 is 5.97 Å². The fraction of sp³-hybridized carbons (Fsp3) is 0.708. The van der Waals surface area contributed by atoms with Crippen molar-refractivity contribution in [1.29, 1.82) is 0 Å². The molecule has 0 aromatic heterocycles. The van der Waals surface area contributed by atoms with Crippen LogP contribution in [0.3, 0.4) is 0 Å². The lowest BCUT2D eigenvalue weighted by Crippen LogP contribution is -2.64. The average molecular weight is 403 g/mol. The molecule has 2 saturated carbocycles. The number of carbonyl (C=O) groups is 1. The number of hydrogen-bond acceptors (Lipinski definition) is 5. The molecule has 1 heterocycles. The van der Waals surface area contributed by atoms with Crippen LogP contribution in [-0.4, -0.2) is 34.5 Å². The van der Waals surface area contributed by atoms with Crippen molar-refractivity contribution in [3.8, 4) is 11.5 Å². The molecular weight excluding hydrogens is 368 g/mol. The van der Waals surface area contributed by atoms with E-state index < -0.39 is 5.60 Å². The van der Waals surface area contributed by atoms with Gasteiger partial charge in [0.1, 0.15) is 11.5 Å². The third-order valence-corrected chi connectivity index (χ3v) is 8.53. The van der Waals surface area contributed by atoms with Crippen LogP contribution in [0.15, 0.2) is 18.2 Å². The molecule has 4 rings (SSSR count). The fourth-order valence-corrected chi connectivity index (χ4v) is 6.23. The zero-order chi connectivity index (χ0) is 21.0. The summed E-state index contributed by atoms with van der Waals surface area (Å²) in [5.41, 5.74) is -0.313. The van der Waals surface area contributed by atoms with E-state index in [1.165, 1.54) is 0 Å². The number of aliphatic hydroxyl groups excluding tert-OH is 1. The molecule has 2 N–H and O–H groups in total. The Labute approximate surface area is 173 Å². The number of fused-ring (bicyclic) bond motifs is 2. The summed E-state index contributed by atoms with van der Waals surface area (Å²) in [6.07, 6.45) is 4.19. The van der Waals surface area contributed by atoms with Gasteiger partial charge in [-0.25, -0.2) is 0 Å². The lowest BCUT2D eigenvalue weighted by molar-refractivity contribution is -0.227. The van der Waals surface area contributed by atoms with E-state index in [2.05, 4.69) is 20.8 Å². The van der Waals surface area contributed by atoms with Gasteiger partial charge in [-0.15, -0.1) is 0 Å². The molecule has 5 nitrogen and oxygen atoms in total. The van der Waals surface area contributed by atoms with Crippen molar-refractivity contribution in [1.82, 2.24) is 0 Å². The monoisotopic (exact) mass is 402 g/mol. The molecule has 0 spiro atoms. The van der Waals surface area contributed by atoms with E-state index >= 15 is 0 Å². The molecule has 0 unspecified atom stereocenters. The van der Waals surface area contributed by atoms with E-state index in [4.69, 9.17) is 9.47 Å². The topological polar surface area (TPSA) is 76.0 Å². The summed E-state index contributed by atoms with van der Waals surface area (Å²) < 4.78 is 11.4. The van der Waals surface area contributed by atoms with E-state index in [0.29, 0.717) is 30.9 Å². The van der Waals surface area contributed by atoms with Crippen LogP contribution < -0.4 is 9.47 Å². The van der Waals surface area contributed by atoms with Crippen LogP contribution in [0, 0.1) is 22.7 Å². The van der Waals surface area contributed by atoms with Gasteiger partial charge in [0.25, 0.3) is 0 Å². The van der Waals surface area contributed by atoms with Gasteiger partial charge >= 0.3 is 5.97 Å². The normalized spacial score (nSPS) is 38.6. The van der Waals surface area contributed by atoms with Crippen molar-refractivity contribution in [2.45, 2.75) is 77.9 Å². The van der Waals surface area contributed by atoms with Crippen LogP contribution in [0.25, 0.3) is 0 Å². The maximum absolute atomic E-state index is 11.7. The smallest absolute Gasteiger partial charge is 0.311 e. The molecule has 1 aliphatic heterocycles. The van der Waals surface area contributed by atoms with Gasteiger partial charge in [0.15, 0.2) is 0 Å². The molecule has 160 valence electrons. The van der Waals surface area contributed by atoms with Gasteiger partial charge in [-0.2, -0.15) is 0 Å². The SMILES string of the molecule is CC1(C)[C@@H](O)CC[C@@]2(C)[C@H]1CC[C@H](COc1ccc3c(c1)OC(=O)CC3)[C@]2(C)O. The van der Waals surface area contributed by atoms with Gasteiger partial charge in [0, 0.05) is 12.0 Å². The number of rotatable bonds is 3. The molecule has 2 fully saturated rings. The number of esters is 1. The van der Waals surface area contributed by atoms with E-state index in [9.17, 15) is 15.0 Å². The molecule has 0 saturated heterocycles. The Morgan fingerprint density at radius 1 is 1.14 bits per heavy atom. The van der Waals surface area contributed by atoms with E-state index in [0.717, 1.165) is 31.2 Å². The molecule has 0 bridgehead atoms. The minimum absolute atomic E-state index is 0.00776. The minimum atomic E-state index is -0.881. The predicted molar refractivity (Wildman–Crippen MR) is 110 cm³/mol. The zero-order valence-corrected chi connectivity index (χ0v) is 18.0.